The second-order valence-electron chi connectivity index (χ2n) is 3.79. The average molecular weight is 316 g/mol. The molecule has 0 atom stereocenters. The Hall–Kier alpha value is -0.380. The quantitative estimate of drug-likeness (QED) is 0.585. The van der Waals surface area contributed by atoms with Gasteiger partial charge in [-0.15, -0.1) is 0 Å². The SMILES string of the molecule is CCC(CC)CC(=O)c1ccccc1I. The van der Waals surface area contributed by atoms with E-state index in [0.29, 0.717) is 12.3 Å². The second kappa shape index (κ2) is 6.26. The van der Waals surface area contributed by atoms with Crippen molar-refractivity contribution >= 4 is 28.4 Å². The Balaban J connectivity index is 2.73. The minimum absolute atomic E-state index is 0.286. The molecule has 0 aliphatic rings. The average Bonchev–Trinajstić information content (AvgIpc) is 2.26. The zero-order chi connectivity index (χ0) is 11.3. The maximum Gasteiger partial charge on any atom is 0.164 e. The van der Waals surface area contributed by atoms with Crippen LogP contribution in [0.1, 0.15) is 43.5 Å². The van der Waals surface area contributed by atoms with E-state index >= 15 is 0 Å². The van der Waals surface area contributed by atoms with Crippen molar-refractivity contribution in [3.8, 4) is 0 Å². The zero-order valence-corrected chi connectivity index (χ0v) is 11.5. The number of carbonyl (C=O) groups is 1. The van der Waals surface area contributed by atoms with Crippen LogP contribution in [0.15, 0.2) is 24.3 Å². The smallest absolute Gasteiger partial charge is 0.164 e. The third-order valence-electron chi connectivity index (χ3n) is 2.80. The van der Waals surface area contributed by atoms with Crippen LogP contribution in [-0.2, 0) is 0 Å². The minimum Gasteiger partial charge on any atom is -0.294 e. The summed E-state index contributed by atoms with van der Waals surface area (Å²) < 4.78 is 1.06. The highest BCUT2D eigenvalue weighted by atomic mass is 127. The fourth-order valence-corrected chi connectivity index (χ4v) is 2.33. The van der Waals surface area contributed by atoms with Crippen LogP contribution in [0.5, 0.6) is 0 Å². The molecule has 0 saturated heterocycles. The Labute approximate surface area is 105 Å². The molecule has 0 saturated carbocycles. The summed E-state index contributed by atoms with van der Waals surface area (Å²) in [5.74, 6) is 0.821. The molecule has 82 valence electrons. The van der Waals surface area contributed by atoms with Gasteiger partial charge in [-0.25, -0.2) is 0 Å². The van der Waals surface area contributed by atoms with Gasteiger partial charge in [-0.05, 0) is 34.6 Å². The van der Waals surface area contributed by atoms with E-state index in [2.05, 4.69) is 36.4 Å². The molecule has 0 aliphatic heterocycles. The van der Waals surface area contributed by atoms with Gasteiger partial charge in [0, 0.05) is 15.6 Å². The maximum atomic E-state index is 12.0. The summed E-state index contributed by atoms with van der Waals surface area (Å²) in [7, 11) is 0. The van der Waals surface area contributed by atoms with E-state index in [-0.39, 0.29) is 5.78 Å². The van der Waals surface area contributed by atoms with Crippen molar-refractivity contribution in [1.29, 1.82) is 0 Å². The summed E-state index contributed by atoms with van der Waals surface area (Å²) in [6.07, 6.45) is 2.87. The molecule has 0 unspecified atom stereocenters. The first-order valence-electron chi connectivity index (χ1n) is 5.46. The second-order valence-corrected chi connectivity index (χ2v) is 4.95. The van der Waals surface area contributed by atoms with Crippen molar-refractivity contribution < 1.29 is 4.79 Å². The van der Waals surface area contributed by atoms with Crippen LogP contribution >= 0.6 is 22.6 Å². The summed E-state index contributed by atoms with van der Waals surface area (Å²) in [6, 6.07) is 7.81. The van der Waals surface area contributed by atoms with Gasteiger partial charge in [0.05, 0.1) is 0 Å². The van der Waals surface area contributed by atoms with E-state index in [9.17, 15) is 4.79 Å². The van der Waals surface area contributed by atoms with Gasteiger partial charge in [-0.2, -0.15) is 0 Å². The summed E-state index contributed by atoms with van der Waals surface area (Å²) in [4.78, 5) is 12.0. The fourth-order valence-electron chi connectivity index (χ4n) is 1.64. The molecule has 1 aromatic carbocycles. The third-order valence-corrected chi connectivity index (χ3v) is 3.74. The van der Waals surface area contributed by atoms with Crippen LogP contribution in [0, 0.1) is 9.49 Å². The van der Waals surface area contributed by atoms with E-state index < -0.39 is 0 Å². The van der Waals surface area contributed by atoms with Crippen molar-refractivity contribution in [2.45, 2.75) is 33.1 Å². The van der Waals surface area contributed by atoms with Crippen LogP contribution in [0.4, 0.5) is 0 Å². The fraction of sp³-hybridized carbons (Fsp3) is 0.462. The van der Waals surface area contributed by atoms with Crippen molar-refractivity contribution in [1.82, 2.24) is 0 Å². The van der Waals surface area contributed by atoms with Gasteiger partial charge in [0.2, 0.25) is 0 Å². The van der Waals surface area contributed by atoms with Gasteiger partial charge < -0.3 is 0 Å². The molecule has 0 aromatic heterocycles. The summed E-state index contributed by atoms with van der Waals surface area (Å²) >= 11 is 2.23. The van der Waals surface area contributed by atoms with Gasteiger partial charge in [0.1, 0.15) is 0 Å². The first-order valence-corrected chi connectivity index (χ1v) is 6.54. The number of rotatable bonds is 5. The molecule has 0 fully saturated rings. The lowest BCUT2D eigenvalue weighted by Crippen LogP contribution is -2.08. The molecule has 2 heteroatoms. The number of hydrogen-bond acceptors (Lipinski definition) is 1. The number of Topliss-reactive ketones (excluding diaryl/α,β-unsaturated/α-hetero) is 1. The van der Waals surface area contributed by atoms with Crippen molar-refractivity contribution in [3.05, 3.63) is 33.4 Å². The topological polar surface area (TPSA) is 17.1 Å². The standard InChI is InChI=1S/C13H17IO/c1-3-10(4-2)9-13(15)11-7-5-6-8-12(11)14/h5-8,10H,3-4,9H2,1-2H3. The number of benzene rings is 1. The summed E-state index contributed by atoms with van der Waals surface area (Å²) in [5.41, 5.74) is 0.880. The van der Waals surface area contributed by atoms with Crippen molar-refractivity contribution in [3.63, 3.8) is 0 Å². The van der Waals surface area contributed by atoms with E-state index in [0.717, 1.165) is 22.0 Å². The molecular formula is C13H17IO. The molecule has 0 bridgehead atoms. The molecule has 1 rings (SSSR count). The molecule has 0 spiro atoms. The van der Waals surface area contributed by atoms with Crippen LogP contribution in [0.3, 0.4) is 0 Å². The molecular weight excluding hydrogens is 299 g/mol. The maximum absolute atomic E-state index is 12.0. The zero-order valence-electron chi connectivity index (χ0n) is 9.29. The predicted octanol–water partition coefficient (Wildman–Crippen LogP) is 4.30. The molecule has 0 amide bonds. The Morgan fingerprint density at radius 2 is 1.87 bits per heavy atom. The third kappa shape index (κ3) is 3.59. The molecule has 0 aliphatic carbocycles. The summed E-state index contributed by atoms with van der Waals surface area (Å²) in [5, 5.41) is 0. The van der Waals surface area contributed by atoms with E-state index in [4.69, 9.17) is 0 Å². The monoisotopic (exact) mass is 316 g/mol. The van der Waals surface area contributed by atoms with Gasteiger partial charge in [0.15, 0.2) is 5.78 Å². The first kappa shape index (κ1) is 12.7. The highest BCUT2D eigenvalue weighted by molar-refractivity contribution is 14.1. The lowest BCUT2D eigenvalue weighted by Gasteiger charge is -2.11. The van der Waals surface area contributed by atoms with Crippen LogP contribution in [0.2, 0.25) is 0 Å². The Bertz CT molecular complexity index is 329. The molecule has 1 nitrogen and oxygen atoms in total. The number of carbonyl (C=O) groups excluding carboxylic acids is 1. The van der Waals surface area contributed by atoms with Crippen molar-refractivity contribution in [2.24, 2.45) is 5.92 Å². The van der Waals surface area contributed by atoms with Gasteiger partial charge in [-0.3, -0.25) is 4.79 Å². The molecule has 0 radical (unpaired) electrons. The Kier molecular flexibility index (Phi) is 5.29. The normalized spacial score (nSPS) is 10.7. The van der Waals surface area contributed by atoms with Crippen LogP contribution in [0.25, 0.3) is 0 Å². The summed E-state index contributed by atoms with van der Waals surface area (Å²) in [6.45, 7) is 4.30. The van der Waals surface area contributed by atoms with Gasteiger partial charge >= 0.3 is 0 Å². The lowest BCUT2D eigenvalue weighted by atomic mass is 9.94. The lowest BCUT2D eigenvalue weighted by molar-refractivity contribution is 0.0958. The van der Waals surface area contributed by atoms with E-state index in [1.807, 2.05) is 24.3 Å². The highest BCUT2D eigenvalue weighted by Crippen LogP contribution is 2.19. The molecule has 15 heavy (non-hydrogen) atoms. The van der Waals surface area contributed by atoms with Crippen molar-refractivity contribution in [2.75, 3.05) is 0 Å². The number of ketones is 1. The highest BCUT2D eigenvalue weighted by Gasteiger charge is 2.13. The number of hydrogen-bond donors (Lipinski definition) is 0. The van der Waals surface area contributed by atoms with Gasteiger partial charge in [-0.1, -0.05) is 44.9 Å². The minimum atomic E-state index is 0.286. The number of halogens is 1. The van der Waals surface area contributed by atoms with E-state index in [1.54, 1.807) is 0 Å². The largest absolute Gasteiger partial charge is 0.294 e. The van der Waals surface area contributed by atoms with Crippen LogP contribution in [-0.4, -0.2) is 5.78 Å². The van der Waals surface area contributed by atoms with E-state index in [1.165, 1.54) is 0 Å². The predicted molar refractivity (Wildman–Crippen MR) is 72.2 cm³/mol. The van der Waals surface area contributed by atoms with Gasteiger partial charge in [0.25, 0.3) is 0 Å². The molecule has 0 N–H and O–H groups in total. The molecule has 0 heterocycles. The van der Waals surface area contributed by atoms with Crippen LogP contribution < -0.4 is 0 Å². The Morgan fingerprint density at radius 3 is 2.40 bits per heavy atom. The first-order chi connectivity index (χ1) is 7.19. The Morgan fingerprint density at radius 1 is 1.27 bits per heavy atom. The molecule has 1 aromatic rings.